The molecule has 1 aliphatic heterocycles. The molecule has 0 unspecified atom stereocenters. The first kappa shape index (κ1) is 15.4. The number of carbonyl (C=O) groups excluding carboxylic acids is 1. The zero-order valence-electron chi connectivity index (χ0n) is 13.6. The molecule has 1 saturated heterocycles. The van der Waals surface area contributed by atoms with Gasteiger partial charge in [-0.15, -0.1) is 0 Å². The van der Waals surface area contributed by atoms with Crippen LogP contribution >= 0.6 is 0 Å². The van der Waals surface area contributed by atoms with Crippen molar-refractivity contribution in [3.63, 3.8) is 0 Å². The van der Waals surface area contributed by atoms with Crippen LogP contribution in [0.1, 0.15) is 28.8 Å². The van der Waals surface area contributed by atoms with Crippen molar-refractivity contribution in [3.05, 3.63) is 65.7 Å². The Bertz CT molecular complexity index is 746. The van der Waals surface area contributed by atoms with Crippen LogP contribution in [0.5, 0.6) is 0 Å². The highest BCUT2D eigenvalue weighted by molar-refractivity contribution is 6.04. The topological polar surface area (TPSA) is 52.6 Å². The highest BCUT2D eigenvalue weighted by Crippen LogP contribution is 2.49. The van der Waals surface area contributed by atoms with Crippen molar-refractivity contribution in [2.24, 2.45) is 5.92 Å². The lowest BCUT2D eigenvalue weighted by molar-refractivity contribution is 0.0618. The van der Waals surface area contributed by atoms with Gasteiger partial charge < -0.3 is 10.4 Å². The second-order valence-electron chi connectivity index (χ2n) is 7.01. The number of aliphatic hydroxyl groups is 1. The predicted molar refractivity (Wildman–Crippen MR) is 93.8 cm³/mol. The van der Waals surface area contributed by atoms with Crippen LogP contribution in [0.3, 0.4) is 0 Å². The minimum absolute atomic E-state index is 0.0849. The quantitative estimate of drug-likeness (QED) is 0.910. The molecule has 24 heavy (non-hydrogen) atoms. The van der Waals surface area contributed by atoms with Crippen LogP contribution < -0.4 is 5.32 Å². The van der Waals surface area contributed by atoms with E-state index in [0.29, 0.717) is 11.5 Å². The summed E-state index contributed by atoms with van der Waals surface area (Å²) in [6.45, 7) is 2.71. The lowest BCUT2D eigenvalue weighted by Gasteiger charge is -2.29. The minimum Gasteiger partial charge on any atom is -0.389 e. The first-order valence-corrected chi connectivity index (χ1v) is 8.52. The maximum atomic E-state index is 12.4. The van der Waals surface area contributed by atoms with Crippen molar-refractivity contribution in [2.75, 3.05) is 18.4 Å². The Morgan fingerprint density at radius 2 is 2.04 bits per heavy atom. The van der Waals surface area contributed by atoms with Gasteiger partial charge in [0.05, 0.1) is 5.60 Å². The fraction of sp³-hybridized carbons (Fsp3) is 0.350. The number of para-hydroxylation sites is 1. The van der Waals surface area contributed by atoms with E-state index >= 15 is 0 Å². The average Bonchev–Trinajstić information content (AvgIpc) is 3.27. The molecule has 4 heteroatoms. The third kappa shape index (κ3) is 3.21. The van der Waals surface area contributed by atoms with Crippen molar-refractivity contribution in [3.8, 4) is 0 Å². The fourth-order valence-corrected chi connectivity index (χ4v) is 3.60. The van der Waals surface area contributed by atoms with Crippen LogP contribution in [0.25, 0.3) is 0 Å². The van der Waals surface area contributed by atoms with Gasteiger partial charge in [-0.1, -0.05) is 30.3 Å². The van der Waals surface area contributed by atoms with E-state index in [1.54, 1.807) is 0 Å². The number of nitrogens with one attached hydrogen (secondary N) is 1. The Kier molecular flexibility index (Phi) is 3.87. The Balaban J connectivity index is 1.41. The molecule has 1 amide bonds. The number of hydrogen-bond acceptors (Lipinski definition) is 3. The van der Waals surface area contributed by atoms with Crippen LogP contribution in [-0.2, 0) is 6.54 Å². The van der Waals surface area contributed by atoms with Crippen LogP contribution in [0, 0.1) is 5.92 Å². The second kappa shape index (κ2) is 6.04. The molecule has 0 bridgehead atoms. The van der Waals surface area contributed by atoms with Gasteiger partial charge >= 0.3 is 0 Å². The number of piperidine rings is 1. The van der Waals surface area contributed by atoms with Gasteiger partial charge in [-0.2, -0.15) is 0 Å². The van der Waals surface area contributed by atoms with E-state index in [1.165, 1.54) is 0 Å². The predicted octanol–water partition coefficient (Wildman–Crippen LogP) is 2.90. The minimum atomic E-state index is -0.367. The Labute approximate surface area is 142 Å². The zero-order chi connectivity index (χ0) is 16.6. The molecule has 1 aliphatic carbocycles. The van der Waals surface area contributed by atoms with Crippen molar-refractivity contribution in [2.45, 2.75) is 25.0 Å². The first-order valence-electron chi connectivity index (χ1n) is 8.52. The molecule has 2 aromatic carbocycles. The molecule has 2 aliphatic rings. The normalized spacial score (nSPS) is 25.8. The monoisotopic (exact) mass is 322 g/mol. The number of amides is 1. The summed E-state index contributed by atoms with van der Waals surface area (Å²) in [5.41, 5.74) is 2.25. The summed E-state index contributed by atoms with van der Waals surface area (Å²) in [6, 6.07) is 17.3. The van der Waals surface area contributed by atoms with E-state index in [-0.39, 0.29) is 11.5 Å². The number of anilines is 1. The zero-order valence-corrected chi connectivity index (χ0v) is 13.6. The van der Waals surface area contributed by atoms with Gasteiger partial charge in [-0.3, -0.25) is 9.69 Å². The standard InChI is InChI=1S/C20H22N2O2/c23-19(21-18-7-2-1-3-8-18)16-6-4-5-15(11-16)13-22-10-9-20(24)12-17(20)14-22/h1-8,11,17,24H,9-10,12-14H2,(H,21,23)/t17-,20+/m0/s1. The van der Waals surface area contributed by atoms with Gasteiger partial charge in [0.1, 0.15) is 0 Å². The maximum Gasteiger partial charge on any atom is 0.255 e. The van der Waals surface area contributed by atoms with E-state index in [9.17, 15) is 9.90 Å². The number of hydrogen-bond donors (Lipinski definition) is 2. The van der Waals surface area contributed by atoms with Crippen molar-refractivity contribution in [1.29, 1.82) is 0 Å². The Morgan fingerprint density at radius 1 is 1.21 bits per heavy atom. The highest BCUT2D eigenvalue weighted by atomic mass is 16.3. The highest BCUT2D eigenvalue weighted by Gasteiger charge is 2.55. The van der Waals surface area contributed by atoms with Gasteiger partial charge in [0.2, 0.25) is 0 Å². The van der Waals surface area contributed by atoms with Gasteiger partial charge in [0.15, 0.2) is 0 Å². The van der Waals surface area contributed by atoms with E-state index in [2.05, 4.69) is 16.3 Å². The molecule has 2 N–H and O–H groups in total. The smallest absolute Gasteiger partial charge is 0.255 e. The molecule has 4 rings (SSSR count). The van der Waals surface area contributed by atoms with Crippen LogP contribution in [0.2, 0.25) is 0 Å². The van der Waals surface area contributed by atoms with Crippen LogP contribution in [0.4, 0.5) is 5.69 Å². The average molecular weight is 322 g/mol. The summed E-state index contributed by atoms with van der Waals surface area (Å²) in [4.78, 5) is 14.8. The third-order valence-corrected chi connectivity index (χ3v) is 5.17. The van der Waals surface area contributed by atoms with Gasteiger partial charge in [-0.25, -0.2) is 0 Å². The van der Waals surface area contributed by atoms with Gasteiger partial charge in [0.25, 0.3) is 5.91 Å². The summed E-state index contributed by atoms with van der Waals surface area (Å²) < 4.78 is 0. The lowest BCUT2D eigenvalue weighted by atomic mass is 10.1. The lowest BCUT2D eigenvalue weighted by Crippen LogP contribution is -2.36. The third-order valence-electron chi connectivity index (χ3n) is 5.17. The number of benzene rings is 2. The molecule has 2 fully saturated rings. The molecule has 4 nitrogen and oxygen atoms in total. The maximum absolute atomic E-state index is 12.4. The summed E-state index contributed by atoms with van der Waals surface area (Å²) in [6.07, 6.45) is 1.81. The molecule has 0 spiro atoms. The molecule has 1 heterocycles. The first-order chi connectivity index (χ1) is 11.6. The van der Waals surface area contributed by atoms with E-state index < -0.39 is 0 Å². The Morgan fingerprint density at radius 3 is 2.83 bits per heavy atom. The van der Waals surface area contributed by atoms with Crippen LogP contribution in [-0.4, -0.2) is 34.6 Å². The van der Waals surface area contributed by atoms with Crippen molar-refractivity contribution < 1.29 is 9.90 Å². The molecule has 124 valence electrons. The Hall–Kier alpha value is -2.17. The van der Waals surface area contributed by atoms with Gasteiger partial charge in [-0.05, 0) is 42.7 Å². The van der Waals surface area contributed by atoms with E-state index in [0.717, 1.165) is 43.7 Å². The summed E-state index contributed by atoms with van der Waals surface area (Å²) in [5.74, 6) is 0.356. The molecule has 1 saturated carbocycles. The molecule has 2 aromatic rings. The van der Waals surface area contributed by atoms with Gasteiger partial charge in [0, 0.05) is 36.8 Å². The molecular formula is C20H22N2O2. The SMILES string of the molecule is O=C(Nc1ccccc1)c1cccc(CN2CC[C@@]3(O)C[C@H]3C2)c1. The van der Waals surface area contributed by atoms with E-state index in [1.807, 2.05) is 48.5 Å². The number of rotatable bonds is 4. The summed E-state index contributed by atoms with van der Waals surface area (Å²) in [5, 5.41) is 13.0. The largest absolute Gasteiger partial charge is 0.389 e. The number of carbonyl (C=O) groups is 1. The van der Waals surface area contributed by atoms with E-state index in [4.69, 9.17) is 0 Å². The van der Waals surface area contributed by atoms with Crippen molar-refractivity contribution >= 4 is 11.6 Å². The number of likely N-dealkylation sites (tertiary alicyclic amines) is 1. The molecule has 2 atom stereocenters. The number of nitrogens with zero attached hydrogens (tertiary/aromatic N) is 1. The molecular weight excluding hydrogens is 300 g/mol. The molecule has 0 aromatic heterocycles. The molecule has 0 radical (unpaired) electrons. The fourth-order valence-electron chi connectivity index (χ4n) is 3.60. The second-order valence-corrected chi connectivity index (χ2v) is 7.01. The summed E-state index contributed by atoms with van der Waals surface area (Å²) in [7, 11) is 0. The number of fused-ring (bicyclic) bond motifs is 1. The van der Waals surface area contributed by atoms with Crippen molar-refractivity contribution in [1.82, 2.24) is 4.90 Å². The van der Waals surface area contributed by atoms with Crippen LogP contribution in [0.15, 0.2) is 54.6 Å². The summed E-state index contributed by atoms with van der Waals surface area (Å²) >= 11 is 0.